The number of carbonyl (C=O) groups excluding carboxylic acids is 1. The first-order valence-corrected chi connectivity index (χ1v) is 5.48. The molecule has 3 atom stereocenters. The summed E-state index contributed by atoms with van der Waals surface area (Å²) in [5, 5.41) is -0.153. The minimum absolute atomic E-state index is 0.0701. The molecule has 2 rings (SSSR count). The summed E-state index contributed by atoms with van der Waals surface area (Å²) in [6.07, 6.45) is 5.84. The zero-order valence-corrected chi connectivity index (χ0v) is 8.43. The van der Waals surface area contributed by atoms with Gasteiger partial charge in [0.2, 0.25) is 5.24 Å². The maximum absolute atomic E-state index is 11.2. The average molecular weight is 203 g/mol. The van der Waals surface area contributed by atoms with Crippen molar-refractivity contribution in [2.24, 2.45) is 11.8 Å². The van der Waals surface area contributed by atoms with Gasteiger partial charge in [-0.3, -0.25) is 4.79 Å². The van der Waals surface area contributed by atoms with E-state index < -0.39 is 0 Å². The smallest absolute Gasteiger partial charge is 0.225 e. The molecule has 1 aliphatic carbocycles. The molecule has 74 valence electrons. The summed E-state index contributed by atoms with van der Waals surface area (Å²) in [5.74, 6) is 0.480. The first kappa shape index (κ1) is 9.47. The highest BCUT2D eigenvalue weighted by molar-refractivity contribution is 6.64. The summed E-state index contributed by atoms with van der Waals surface area (Å²) in [7, 11) is 0. The van der Waals surface area contributed by atoms with E-state index in [1.165, 1.54) is 12.8 Å². The average Bonchev–Trinajstić information content (AvgIpc) is 2.17. The number of ether oxygens (including phenoxy) is 1. The molecule has 0 N–H and O–H groups in total. The quantitative estimate of drug-likeness (QED) is 0.611. The van der Waals surface area contributed by atoms with Gasteiger partial charge in [-0.15, -0.1) is 0 Å². The van der Waals surface area contributed by atoms with E-state index in [0.29, 0.717) is 18.6 Å². The summed E-state index contributed by atoms with van der Waals surface area (Å²) in [6.45, 7) is 0.713. The van der Waals surface area contributed by atoms with Crippen LogP contribution in [-0.2, 0) is 9.53 Å². The molecule has 2 aliphatic rings. The van der Waals surface area contributed by atoms with Crippen molar-refractivity contribution in [3.63, 3.8) is 0 Å². The minimum Gasteiger partial charge on any atom is -0.378 e. The van der Waals surface area contributed by atoms with Crippen LogP contribution >= 0.6 is 11.6 Å². The number of halogens is 1. The van der Waals surface area contributed by atoms with Crippen molar-refractivity contribution in [1.82, 2.24) is 0 Å². The molecule has 0 amide bonds. The molecular formula is C10H15ClO2. The predicted octanol–water partition coefficient (Wildman–Crippen LogP) is 2.35. The second kappa shape index (κ2) is 3.97. The summed E-state index contributed by atoms with van der Waals surface area (Å²) in [6, 6.07) is 0. The molecule has 1 aliphatic heterocycles. The molecule has 0 aromatic rings. The Labute approximate surface area is 83.6 Å². The normalized spacial score (nSPS) is 39.6. The van der Waals surface area contributed by atoms with E-state index >= 15 is 0 Å². The largest absolute Gasteiger partial charge is 0.378 e. The lowest BCUT2D eigenvalue weighted by Gasteiger charge is -2.39. The number of fused-ring (bicyclic) bond motifs is 1. The van der Waals surface area contributed by atoms with Gasteiger partial charge >= 0.3 is 0 Å². The Hall–Kier alpha value is -0.0800. The molecule has 1 saturated carbocycles. The molecule has 0 spiro atoms. The van der Waals surface area contributed by atoms with Crippen molar-refractivity contribution in [1.29, 1.82) is 0 Å². The van der Waals surface area contributed by atoms with E-state index in [4.69, 9.17) is 16.3 Å². The van der Waals surface area contributed by atoms with Gasteiger partial charge in [0.05, 0.1) is 6.10 Å². The van der Waals surface area contributed by atoms with E-state index in [1.54, 1.807) is 0 Å². The van der Waals surface area contributed by atoms with Gasteiger partial charge in [-0.25, -0.2) is 0 Å². The van der Waals surface area contributed by atoms with Crippen LogP contribution in [0.15, 0.2) is 0 Å². The molecule has 0 radical (unpaired) electrons. The van der Waals surface area contributed by atoms with Crippen molar-refractivity contribution in [3.8, 4) is 0 Å². The number of carbonyl (C=O) groups is 1. The van der Waals surface area contributed by atoms with Crippen LogP contribution in [0, 0.1) is 11.8 Å². The van der Waals surface area contributed by atoms with Gasteiger partial charge in [-0.05, 0) is 36.8 Å². The van der Waals surface area contributed by atoms with Crippen molar-refractivity contribution in [3.05, 3.63) is 0 Å². The van der Waals surface area contributed by atoms with Crippen LogP contribution in [0.5, 0.6) is 0 Å². The summed E-state index contributed by atoms with van der Waals surface area (Å²) in [5.41, 5.74) is 0. The number of rotatable bonds is 1. The fourth-order valence-electron chi connectivity index (χ4n) is 2.63. The maximum atomic E-state index is 11.2. The van der Waals surface area contributed by atoms with Crippen LogP contribution in [0.4, 0.5) is 0 Å². The molecule has 0 aromatic carbocycles. The Bertz CT molecular complexity index is 203. The molecule has 2 nitrogen and oxygen atoms in total. The van der Waals surface area contributed by atoms with E-state index in [0.717, 1.165) is 19.3 Å². The topological polar surface area (TPSA) is 26.3 Å². The Morgan fingerprint density at radius 3 is 2.77 bits per heavy atom. The molecular weight excluding hydrogens is 188 g/mol. The van der Waals surface area contributed by atoms with Gasteiger partial charge in [-0.2, -0.15) is 0 Å². The zero-order valence-electron chi connectivity index (χ0n) is 7.67. The standard InChI is InChI=1S/C10H15ClO2/c11-10(12)8-5-6-13-9-4-2-1-3-7(8)9/h7-9H,1-6H2. The van der Waals surface area contributed by atoms with E-state index in [9.17, 15) is 4.79 Å². The van der Waals surface area contributed by atoms with Gasteiger partial charge in [0.1, 0.15) is 0 Å². The number of hydrogen-bond donors (Lipinski definition) is 0. The lowest BCUT2D eigenvalue weighted by Crippen LogP contribution is -2.40. The summed E-state index contributed by atoms with van der Waals surface area (Å²) in [4.78, 5) is 11.2. The van der Waals surface area contributed by atoms with Crippen molar-refractivity contribution in [2.45, 2.75) is 38.2 Å². The molecule has 3 unspecified atom stereocenters. The van der Waals surface area contributed by atoms with Crippen molar-refractivity contribution < 1.29 is 9.53 Å². The van der Waals surface area contributed by atoms with Gasteiger partial charge in [0, 0.05) is 12.5 Å². The monoisotopic (exact) mass is 202 g/mol. The Morgan fingerprint density at radius 1 is 1.23 bits per heavy atom. The summed E-state index contributed by atoms with van der Waals surface area (Å²) < 4.78 is 5.65. The van der Waals surface area contributed by atoms with Crippen molar-refractivity contribution in [2.75, 3.05) is 6.61 Å². The molecule has 13 heavy (non-hydrogen) atoms. The lowest BCUT2D eigenvalue weighted by atomic mass is 9.75. The van der Waals surface area contributed by atoms with Crippen LogP contribution in [0.25, 0.3) is 0 Å². The fourth-order valence-corrected chi connectivity index (χ4v) is 2.91. The third-order valence-corrected chi connectivity index (χ3v) is 3.60. The van der Waals surface area contributed by atoms with Crippen LogP contribution in [0.1, 0.15) is 32.1 Å². The van der Waals surface area contributed by atoms with E-state index in [1.807, 2.05) is 0 Å². The first-order valence-electron chi connectivity index (χ1n) is 5.10. The van der Waals surface area contributed by atoms with Crippen LogP contribution in [-0.4, -0.2) is 18.0 Å². The molecule has 3 heteroatoms. The maximum Gasteiger partial charge on any atom is 0.225 e. The second-order valence-corrected chi connectivity index (χ2v) is 4.43. The van der Waals surface area contributed by atoms with Crippen LogP contribution in [0.3, 0.4) is 0 Å². The first-order chi connectivity index (χ1) is 6.29. The van der Waals surface area contributed by atoms with Crippen LogP contribution in [0.2, 0.25) is 0 Å². The van der Waals surface area contributed by atoms with Gasteiger partial charge in [0.25, 0.3) is 0 Å². The highest BCUT2D eigenvalue weighted by Gasteiger charge is 2.38. The Kier molecular flexibility index (Phi) is 2.89. The third-order valence-electron chi connectivity index (χ3n) is 3.32. The fraction of sp³-hybridized carbons (Fsp3) is 0.900. The van der Waals surface area contributed by atoms with E-state index in [2.05, 4.69) is 0 Å². The van der Waals surface area contributed by atoms with Crippen molar-refractivity contribution >= 4 is 16.8 Å². The second-order valence-electron chi connectivity index (χ2n) is 4.06. The number of hydrogen-bond acceptors (Lipinski definition) is 2. The van der Waals surface area contributed by atoms with E-state index in [-0.39, 0.29) is 11.2 Å². The third kappa shape index (κ3) is 1.89. The van der Waals surface area contributed by atoms with Gasteiger partial charge < -0.3 is 4.74 Å². The highest BCUT2D eigenvalue weighted by atomic mass is 35.5. The molecule has 0 bridgehead atoms. The van der Waals surface area contributed by atoms with Gasteiger partial charge in [-0.1, -0.05) is 12.8 Å². The molecule has 0 aromatic heterocycles. The lowest BCUT2D eigenvalue weighted by molar-refractivity contribution is -0.128. The summed E-state index contributed by atoms with van der Waals surface area (Å²) >= 11 is 5.58. The predicted molar refractivity (Wildman–Crippen MR) is 50.7 cm³/mol. The Morgan fingerprint density at radius 2 is 2.00 bits per heavy atom. The molecule has 2 fully saturated rings. The minimum atomic E-state index is -0.153. The highest BCUT2D eigenvalue weighted by Crippen LogP contribution is 2.38. The Balaban J connectivity index is 2.06. The zero-order chi connectivity index (χ0) is 9.26. The van der Waals surface area contributed by atoms with Crippen LogP contribution < -0.4 is 0 Å². The van der Waals surface area contributed by atoms with Gasteiger partial charge in [0.15, 0.2) is 0 Å². The SMILES string of the molecule is O=C(Cl)C1CCOC2CCCCC21. The molecule has 1 saturated heterocycles. The molecule has 1 heterocycles.